The van der Waals surface area contributed by atoms with Crippen LogP contribution in [0, 0.1) is 53.3 Å². The Morgan fingerprint density at radius 3 is 1.77 bits per heavy atom. The van der Waals surface area contributed by atoms with Gasteiger partial charge in [-0.2, -0.15) is 26.3 Å². The van der Waals surface area contributed by atoms with Crippen molar-refractivity contribution in [1.29, 1.82) is 0 Å². The molecule has 4 fully saturated rings. The molecule has 4 saturated carbocycles. The van der Waals surface area contributed by atoms with Crippen LogP contribution < -0.4 is 0 Å². The molecule has 26 heavy (non-hydrogen) atoms. The first-order valence-corrected chi connectivity index (χ1v) is 9.22. The van der Waals surface area contributed by atoms with Crippen molar-refractivity contribution in [3.05, 3.63) is 0 Å². The zero-order valence-electron chi connectivity index (χ0n) is 14.8. The third-order valence-electron chi connectivity index (χ3n) is 8.48. The summed E-state index contributed by atoms with van der Waals surface area (Å²) >= 11 is 0. The number of fused-ring (bicyclic) bond motifs is 9. The molecule has 0 aromatic carbocycles. The maximum atomic E-state index is 13.1. The molecule has 0 heterocycles. The van der Waals surface area contributed by atoms with Crippen molar-refractivity contribution in [1.82, 2.24) is 0 Å². The summed E-state index contributed by atoms with van der Waals surface area (Å²) in [6, 6.07) is 0. The molecule has 1 nitrogen and oxygen atoms in total. The molecule has 0 aliphatic heterocycles. The van der Waals surface area contributed by atoms with Gasteiger partial charge in [0, 0.05) is 32.7 Å². The van der Waals surface area contributed by atoms with Gasteiger partial charge in [-0.25, -0.2) is 0 Å². The van der Waals surface area contributed by atoms with Gasteiger partial charge in [-0.3, -0.25) is 0 Å². The Balaban J connectivity index is 0.00000196. The fourth-order valence-corrected chi connectivity index (χ4v) is 7.37. The fraction of sp³-hybridized carbons (Fsp3) is 1.00. The summed E-state index contributed by atoms with van der Waals surface area (Å²) in [5, 5.41) is 9.59. The predicted molar refractivity (Wildman–Crippen MR) is 78.3 cm³/mol. The molecule has 9 unspecified atom stereocenters. The van der Waals surface area contributed by atoms with Gasteiger partial charge in [-0.1, -0.05) is 13.8 Å². The molecule has 147 valence electrons. The predicted octanol–water partition coefficient (Wildman–Crippen LogP) is 5.04. The van der Waals surface area contributed by atoms with Crippen LogP contribution in [0.5, 0.6) is 0 Å². The van der Waals surface area contributed by atoms with E-state index in [0.29, 0.717) is 36.0 Å². The summed E-state index contributed by atoms with van der Waals surface area (Å²) in [7, 11) is 0. The monoisotopic (exact) mass is 459 g/mol. The number of aliphatic hydroxyl groups is 1. The van der Waals surface area contributed by atoms with Crippen LogP contribution in [0.25, 0.3) is 0 Å². The van der Waals surface area contributed by atoms with Crippen molar-refractivity contribution in [3.63, 3.8) is 0 Å². The smallest absolute Gasteiger partial charge is 0.374 e. The zero-order chi connectivity index (χ0) is 18.5. The summed E-state index contributed by atoms with van der Waals surface area (Å²) in [5.74, 6) is 2.36. The minimum Gasteiger partial charge on any atom is -0.374 e. The van der Waals surface area contributed by atoms with Crippen molar-refractivity contribution in [2.75, 3.05) is 0 Å². The Kier molecular flexibility index (Phi) is 5.19. The largest absolute Gasteiger partial charge is 0.426 e. The van der Waals surface area contributed by atoms with Crippen LogP contribution in [0.15, 0.2) is 0 Å². The van der Waals surface area contributed by atoms with E-state index in [1.54, 1.807) is 0 Å². The quantitative estimate of drug-likeness (QED) is 0.453. The van der Waals surface area contributed by atoms with Gasteiger partial charge in [0.2, 0.25) is 0 Å². The Morgan fingerprint density at radius 2 is 1.27 bits per heavy atom. The van der Waals surface area contributed by atoms with E-state index in [1.165, 1.54) is 0 Å². The Labute approximate surface area is 174 Å². The molecule has 4 aliphatic rings. The maximum absolute atomic E-state index is 13.1. The van der Waals surface area contributed by atoms with Crippen LogP contribution >= 0.6 is 0 Å². The second-order valence-electron chi connectivity index (χ2n) is 9.15. The van der Waals surface area contributed by atoms with E-state index in [4.69, 9.17) is 0 Å². The van der Waals surface area contributed by atoms with E-state index in [2.05, 4.69) is 13.8 Å². The van der Waals surface area contributed by atoms with Crippen LogP contribution in [-0.2, 0) is 32.7 Å². The second-order valence-corrected chi connectivity index (χ2v) is 9.15. The van der Waals surface area contributed by atoms with Crippen LogP contribution in [0.3, 0.4) is 0 Å². The molecule has 4 rings (SSSR count). The first-order valence-electron chi connectivity index (χ1n) is 9.22. The van der Waals surface area contributed by atoms with Gasteiger partial charge < -0.3 is 5.11 Å². The number of alkyl halides is 6. The van der Waals surface area contributed by atoms with Crippen molar-refractivity contribution in [3.8, 4) is 0 Å². The third kappa shape index (κ3) is 2.68. The van der Waals surface area contributed by atoms with Gasteiger partial charge >= 0.3 is 12.4 Å². The number of hydrogen-bond donors (Lipinski definition) is 1. The van der Waals surface area contributed by atoms with E-state index in [9.17, 15) is 31.4 Å². The molecule has 0 aromatic rings. The zero-order valence-corrected chi connectivity index (χ0v) is 17.7. The molecular formula is C18H24F6OY. The normalized spacial score (nSPS) is 47.2. The van der Waals surface area contributed by atoms with E-state index in [-0.39, 0.29) is 50.5 Å². The van der Waals surface area contributed by atoms with Gasteiger partial charge in [-0.15, -0.1) is 0 Å². The Bertz CT molecular complexity index is 547. The fourth-order valence-electron chi connectivity index (χ4n) is 7.37. The van der Waals surface area contributed by atoms with Crippen molar-refractivity contribution in [2.24, 2.45) is 53.3 Å². The Hall–Kier alpha value is 0.644. The summed E-state index contributed by atoms with van der Waals surface area (Å²) in [6.45, 7) is 4.41. The minimum atomic E-state index is -5.69. The average Bonchev–Trinajstić information content (AvgIpc) is 3.16. The van der Waals surface area contributed by atoms with Crippen LogP contribution in [0.4, 0.5) is 26.3 Å². The summed E-state index contributed by atoms with van der Waals surface area (Å²) < 4.78 is 78.3. The van der Waals surface area contributed by atoms with Gasteiger partial charge in [-0.05, 0) is 78.9 Å². The number of halogens is 6. The van der Waals surface area contributed by atoms with E-state index < -0.39 is 30.3 Å². The molecule has 0 aromatic heterocycles. The van der Waals surface area contributed by atoms with Crippen molar-refractivity contribution < 1.29 is 64.2 Å². The molecule has 1 N–H and O–H groups in total. The summed E-state index contributed by atoms with van der Waals surface area (Å²) in [4.78, 5) is 0. The van der Waals surface area contributed by atoms with Gasteiger partial charge in [0.05, 0.1) is 0 Å². The molecule has 0 spiro atoms. The molecule has 1 radical (unpaired) electrons. The van der Waals surface area contributed by atoms with Gasteiger partial charge in [0.25, 0.3) is 5.60 Å². The Morgan fingerprint density at radius 1 is 0.769 bits per heavy atom. The summed E-state index contributed by atoms with van der Waals surface area (Å²) in [6.07, 6.45) is -10.4. The molecule has 8 heteroatoms. The number of hydrogen-bond acceptors (Lipinski definition) is 1. The van der Waals surface area contributed by atoms with Gasteiger partial charge in [0.1, 0.15) is 0 Å². The SMILES string of the molecule is CC1C(C)C2CC1C1C3CC(CC(O)(C(F)(F)F)C(F)(F)F)C(C3)C21.[Y]. The first kappa shape index (κ1) is 21.4. The van der Waals surface area contributed by atoms with Gasteiger partial charge in [0.15, 0.2) is 0 Å². The molecule has 9 atom stereocenters. The van der Waals surface area contributed by atoms with E-state index >= 15 is 0 Å². The first-order chi connectivity index (χ1) is 11.4. The van der Waals surface area contributed by atoms with Crippen LogP contribution in [0.2, 0.25) is 0 Å². The van der Waals surface area contributed by atoms with E-state index in [1.807, 2.05) is 0 Å². The van der Waals surface area contributed by atoms with Crippen molar-refractivity contribution >= 4 is 0 Å². The maximum Gasteiger partial charge on any atom is 0.426 e. The molecular weight excluding hydrogens is 435 g/mol. The molecule has 4 bridgehead atoms. The molecule has 0 saturated heterocycles. The van der Waals surface area contributed by atoms with E-state index in [0.717, 1.165) is 12.8 Å². The second kappa shape index (κ2) is 6.32. The molecule has 0 amide bonds. The average molecular weight is 459 g/mol. The molecule has 4 aliphatic carbocycles. The standard InChI is InChI=1S/C18H24F6O.Y/c1-7-8(2)12-5-11(7)14-9-3-10(13(4-9)15(12)14)6-16(25,17(19,20)21)18(22,23)24;/h7-15,25H,3-6H2,1-2H3;. The number of rotatable bonds is 2. The topological polar surface area (TPSA) is 20.2 Å². The summed E-state index contributed by atoms with van der Waals surface area (Å²) in [5.41, 5.74) is -4.58. The van der Waals surface area contributed by atoms with Crippen molar-refractivity contribution in [2.45, 2.75) is 57.5 Å². The minimum absolute atomic E-state index is 0. The van der Waals surface area contributed by atoms with Crippen LogP contribution in [-0.4, -0.2) is 23.1 Å². The van der Waals surface area contributed by atoms with Crippen LogP contribution in [0.1, 0.15) is 39.5 Å². The third-order valence-corrected chi connectivity index (χ3v) is 8.48.